The van der Waals surface area contributed by atoms with Crippen molar-refractivity contribution in [2.75, 3.05) is 20.2 Å². The Kier molecular flexibility index (Phi) is 3.24. The highest BCUT2D eigenvalue weighted by Crippen LogP contribution is 2.30. The first kappa shape index (κ1) is 11.6. The van der Waals surface area contributed by atoms with Crippen LogP contribution in [0.1, 0.15) is 18.4 Å². The van der Waals surface area contributed by atoms with Crippen LogP contribution in [0.5, 0.6) is 5.75 Å². The smallest absolute Gasteiger partial charge is 0.137 e. The van der Waals surface area contributed by atoms with Gasteiger partial charge < -0.3 is 14.5 Å². The van der Waals surface area contributed by atoms with Crippen LogP contribution in [-0.2, 0) is 6.42 Å². The van der Waals surface area contributed by atoms with Gasteiger partial charge in [-0.1, -0.05) is 6.07 Å². The molecule has 1 aromatic carbocycles. The summed E-state index contributed by atoms with van der Waals surface area (Å²) in [6.07, 6.45) is 5.64. The highest BCUT2D eigenvalue weighted by molar-refractivity contribution is 5.87. The molecule has 1 aliphatic rings. The van der Waals surface area contributed by atoms with E-state index in [-0.39, 0.29) is 0 Å². The Hall–Kier alpha value is -1.48. The molecule has 0 spiro atoms. The number of hydrogen-bond acceptors (Lipinski definition) is 3. The highest BCUT2D eigenvalue weighted by atomic mass is 16.5. The van der Waals surface area contributed by atoms with Crippen LogP contribution < -0.4 is 10.1 Å². The molecule has 1 aliphatic carbocycles. The van der Waals surface area contributed by atoms with Gasteiger partial charge in [-0.05, 0) is 50.4 Å². The summed E-state index contributed by atoms with van der Waals surface area (Å²) in [5.74, 6) is 1.83. The molecule has 0 aliphatic heterocycles. The van der Waals surface area contributed by atoms with Crippen molar-refractivity contribution in [3.63, 3.8) is 0 Å². The Morgan fingerprint density at radius 1 is 1.39 bits per heavy atom. The van der Waals surface area contributed by atoms with Gasteiger partial charge in [-0.3, -0.25) is 0 Å². The zero-order valence-corrected chi connectivity index (χ0v) is 10.7. The van der Waals surface area contributed by atoms with Crippen molar-refractivity contribution in [1.82, 2.24) is 5.32 Å². The zero-order valence-electron chi connectivity index (χ0n) is 10.7. The zero-order chi connectivity index (χ0) is 12.4. The average Bonchev–Trinajstić information content (AvgIpc) is 3.14. The van der Waals surface area contributed by atoms with E-state index in [9.17, 15) is 0 Å². The van der Waals surface area contributed by atoms with Crippen molar-refractivity contribution in [3.8, 4) is 5.75 Å². The van der Waals surface area contributed by atoms with Crippen molar-refractivity contribution in [2.45, 2.75) is 19.3 Å². The maximum Gasteiger partial charge on any atom is 0.137 e. The number of nitrogens with one attached hydrogen (secondary N) is 1. The summed E-state index contributed by atoms with van der Waals surface area (Å²) in [4.78, 5) is 0. The molecule has 0 atom stereocenters. The number of fused-ring (bicyclic) bond motifs is 1. The van der Waals surface area contributed by atoms with E-state index in [0.717, 1.165) is 42.1 Å². The Labute approximate surface area is 107 Å². The van der Waals surface area contributed by atoms with Crippen molar-refractivity contribution >= 4 is 11.0 Å². The lowest BCUT2D eigenvalue weighted by atomic mass is 10.1. The van der Waals surface area contributed by atoms with Crippen molar-refractivity contribution in [3.05, 3.63) is 30.0 Å². The topological polar surface area (TPSA) is 34.4 Å². The lowest BCUT2D eigenvalue weighted by Crippen LogP contribution is -2.19. The number of benzene rings is 1. The molecule has 0 bridgehead atoms. The Morgan fingerprint density at radius 2 is 2.28 bits per heavy atom. The molecule has 1 aromatic heterocycles. The van der Waals surface area contributed by atoms with Crippen LogP contribution in [0.4, 0.5) is 0 Å². The van der Waals surface area contributed by atoms with E-state index < -0.39 is 0 Å². The van der Waals surface area contributed by atoms with Gasteiger partial charge in [-0.25, -0.2) is 0 Å². The van der Waals surface area contributed by atoms with Crippen LogP contribution >= 0.6 is 0 Å². The second-order valence-electron chi connectivity index (χ2n) is 4.99. The number of rotatable bonds is 6. The summed E-state index contributed by atoms with van der Waals surface area (Å²) >= 11 is 0. The fraction of sp³-hybridized carbons (Fsp3) is 0.467. The third kappa shape index (κ3) is 2.36. The minimum Gasteiger partial charge on any atom is -0.496 e. The molecule has 0 saturated heterocycles. The van der Waals surface area contributed by atoms with Crippen LogP contribution in [-0.4, -0.2) is 20.2 Å². The standard InChI is InChI=1S/C15H19NO2/c1-17-13-3-2-4-14-15(13)12(10-18-14)7-8-16-9-11-5-6-11/h2-4,10-11,16H,5-9H2,1H3. The number of ether oxygens (including phenoxy) is 1. The minimum atomic E-state index is 0.901. The molecule has 2 aromatic rings. The molecule has 3 rings (SSSR count). The number of methoxy groups -OCH3 is 1. The summed E-state index contributed by atoms with van der Waals surface area (Å²) in [7, 11) is 1.71. The van der Waals surface area contributed by atoms with Crippen LogP contribution in [0.25, 0.3) is 11.0 Å². The van der Waals surface area contributed by atoms with Gasteiger partial charge in [0.05, 0.1) is 18.8 Å². The Bertz CT molecular complexity index is 528. The molecular weight excluding hydrogens is 226 g/mol. The van der Waals surface area contributed by atoms with E-state index in [0.29, 0.717) is 0 Å². The van der Waals surface area contributed by atoms with Crippen molar-refractivity contribution in [1.29, 1.82) is 0 Å². The third-order valence-electron chi connectivity index (χ3n) is 3.56. The first-order valence-corrected chi connectivity index (χ1v) is 6.62. The van der Waals surface area contributed by atoms with E-state index >= 15 is 0 Å². The van der Waals surface area contributed by atoms with Crippen molar-refractivity contribution < 1.29 is 9.15 Å². The maximum absolute atomic E-state index is 5.57. The second-order valence-corrected chi connectivity index (χ2v) is 4.99. The molecule has 3 nitrogen and oxygen atoms in total. The predicted molar refractivity (Wildman–Crippen MR) is 72.1 cm³/mol. The first-order valence-electron chi connectivity index (χ1n) is 6.62. The van der Waals surface area contributed by atoms with Gasteiger partial charge in [0, 0.05) is 5.56 Å². The molecule has 1 saturated carbocycles. The summed E-state index contributed by atoms with van der Waals surface area (Å²) in [5.41, 5.74) is 2.14. The monoisotopic (exact) mass is 245 g/mol. The quantitative estimate of drug-likeness (QED) is 0.794. The first-order chi connectivity index (χ1) is 8.88. The highest BCUT2D eigenvalue weighted by Gasteiger charge is 2.20. The van der Waals surface area contributed by atoms with Crippen molar-refractivity contribution in [2.24, 2.45) is 5.92 Å². The molecular formula is C15H19NO2. The van der Waals surface area contributed by atoms with Gasteiger partial charge in [0.2, 0.25) is 0 Å². The molecule has 0 amide bonds. The van der Waals surface area contributed by atoms with Gasteiger partial charge >= 0.3 is 0 Å². The van der Waals surface area contributed by atoms with E-state index in [4.69, 9.17) is 9.15 Å². The molecule has 96 valence electrons. The van der Waals surface area contributed by atoms with Crippen LogP contribution in [0.3, 0.4) is 0 Å². The molecule has 1 N–H and O–H groups in total. The van der Waals surface area contributed by atoms with Crippen LogP contribution in [0, 0.1) is 5.92 Å². The molecule has 18 heavy (non-hydrogen) atoms. The second kappa shape index (κ2) is 5.02. The van der Waals surface area contributed by atoms with E-state index in [2.05, 4.69) is 5.32 Å². The molecule has 0 radical (unpaired) electrons. The number of furan rings is 1. The molecule has 1 heterocycles. The van der Waals surface area contributed by atoms with Gasteiger partial charge in [0.15, 0.2) is 0 Å². The normalized spacial score (nSPS) is 15.2. The average molecular weight is 245 g/mol. The third-order valence-corrected chi connectivity index (χ3v) is 3.56. The maximum atomic E-state index is 5.57. The fourth-order valence-electron chi connectivity index (χ4n) is 2.32. The van der Waals surface area contributed by atoms with Gasteiger partial charge in [-0.2, -0.15) is 0 Å². The fourth-order valence-corrected chi connectivity index (χ4v) is 2.32. The summed E-state index contributed by atoms with van der Waals surface area (Å²) in [5, 5.41) is 4.62. The van der Waals surface area contributed by atoms with E-state index in [1.54, 1.807) is 7.11 Å². The van der Waals surface area contributed by atoms with E-state index in [1.165, 1.54) is 18.4 Å². The number of hydrogen-bond donors (Lipinski definition) is 1. The van der Waals surface area contributed by atoms with Gasteiger partial charge in [0.1, 0.15) is 11.3 Å². The summed E-state index contributed by atoms with van der Waals surface area (Å²) in [6, 6.07) is 5.93. The van der Waals surface area contributed by atoms with E-state index in [1.807, 2.05) is 24.5 Å². The SMILES string of the molecule is COc1cccc2occ(CCNCC3CC3)c12. The Balaban J connectivity index is 1.70. The minimum absolute atomic E-state index is 0.901. The Morgan fingerprint density at radius 3 is 3.06 bits per heavy atom. The molecule has 0 unspecified atom stereocenters. The largest absolute Gasteiger partial charge is 0.496 e. The lowest BCUT2D eigenvalue weighted by molar-refractivity contribution is 0.419. The summed E-state index contributed by atoms with van der Waals surface area (Å²) in [6.45, 7) is 2.16. The lowest BCUT2D eigenvalue weighted by Gasteiger charge is -2.05. The van der Waals surface area contributed by atoms with Crippen LogP contribution in [0.2, 0.25) is 0 Å². The van der Waals surface area contributed by atoms with Gasteiger partial charge in [0.25, 0.3) is 0 Å². The molecule has 3 heteroatoms. The predicted octanol–water partition coefficient (Wildman–Crippen LogP) is 2.98. The summed E-state index contributed by atoms with van der Waals surface area (Å²) < 4.78 is 11.0. The van der Waals surface area contributed by atoms with Crippen LogP contribution in [0.15, 0.2) is 28.9 Å². The molecule has 1 fully saturated rings. The van der Waals surface area contributed by atoms with Gasteiger partial charge in [-0.15, -0.1) is 0 Å².